The van der Waals surface area contributed by atoms with Crippen molar-refractivity contribution in [2.24, 2.45) is 0 Å². The van der Waals surface area contributed by atoms with Crippen molar-refractivity contribution in [1.29, 1.82) is 0 Å². The number of aromatic carboxylic acids is 1. The SMILES string of the molecule is O=C(Nc1cc(-c2ccccc2)ccc1C(=O)O)c1cc(OCCN2CCOCC2)ccc1O. The molecule has 0 bridgehead atoms. The first-order valence-electron chi connectivity index (χ1n) is 11.0. The van der Waals surface area contributed by atoms with Gasteiger partial charge in [-0.05, 0) is 41.5 Å². The zero-order valence-electron chi connectivity index (χ0n) is 18.6. The summed E-state index contributed by atoms with van der Waals surface area (Å²) < 4.78 is 11.1. The van der Waals surface area contributed by atoms with Crippen LogP contribution >= 0.6 is 0 Å². The van der Waals surface area contributed by atoms with E-state index in [9.17, 15) is 19.8 Å². The lowest BCUT2D eigenvalue weighted by Crippen LogP contribution is -2.38. The van der Waals surface area contributed by atoms with Crippen molar-refractivity contribution >= 4 is 17.6 Å². The fourth-order valence-corrected chi connectivity index (χ4v) is 3.74. The first-order chi connectivity index (χ1) is 16.5. The van der Waals surface area contributed by atoms with Gasteiger partial charge in [0.1, 0.15) is 18.1 Å². The molecule has 34 heavy (non-hydrogen) atoms. The van der Waals surface area contributed by atoms with Crippen LogP contribution in [0.1, 0.15) is 20.7 Å². The Hall–Kier alpha value is -3.88. The molecule has 0 aromatic heterocycles. The number of morpholine rings is 1. The Kier molecular flexibility index (Phi) is 7.41. The van der Waals surface area contributed by atoms with Gasteiger partial charge in [-0.3, -0.25) is 9.69 Å². The number of ether oxygens (including phenoxy) is 2. The molecule has 3 aromatic rings. The van der Waals surface area contributed by atoms with Crippen LogP contribution < -0.4 is 10.1 Å². The Labute approximate surface area is 197 Å². The number of benzene rings is 3. The zero-order valence-corrected chi connectivity index (χ0v) is 18.6. The quantitative estimate of drug-likeness (QED) is 0.468. The standard InChI is InChI=1S/C26H26N2O6/c29-24-9-7-20(34-15-12-28-10-13-33-14-11-28)17-22(24)25(30)27-23-16-19(6-8-21(23)26(31)32)18-4-2-1-3-5-18/h1-9,16-17,29H,10-15H2,(H,27,30)(H,31,32). The molecule has 3 N–H and O–H groups in total. The Balaban J connectivity index is 1.50. The molecule has 176 valence electrons. The first-order valence-corrected chi connectivity index (χ1v) is 11.0. The van der Waals surface area contributed by atoms with Crippen LogP contribution in [0.4, 0.5) is 5.69 Å². The summed E-state index contributed by atoms with van der Waals surface area (Å²) in [5.41, 5.74) is 1.71. The van der Waals surface area contributed by atoms with Gasteiger partial charge in [-0.2, -0.15) is 0 Å². The largest absolute Gasteiger partial charge is 0.507 e. The van der Waals surface area contributed by atoms with E-state index in [4.69, 9.17) is 9.47 Å². The highest BCUT2D eigenvalue weighted by atomic mass is 16.5. The topological polar surface area (TPSA) is 108 Å². The minimum absolute atomic E-state index is 0.00896. The number of anilines is 1. The Morgan fingerprint density at radius 1 is 0.941 bits per heavy atom. The van der Waals surface area contributed by atoms with Crippen molar-refractivity contribution < 1.29 is 29.3 Å². The fourth-order valence-electron chi connectivity index (χ4n) is 3.74. The van der Waals surface area contributed by atoms with Crippen LogP contribution in [0, 0.1) is 0 Å². The molecule has 1 amide bonds. The molecular formula is C26H26N2O6. The maximum absolute atomic E-state index is 13.0. The molecule has 0 saturated carbocycles. The lowest BCUT2D eigenvalue weighted by Gasteiger charge is -2.26. The van der Waals surface area contributed by atoms with Gasteiger partial charge in [0, 0.05) is 19.6 Å². The van der Waals surface area contributed by atoms with E-state index in [1.807, 2.05) is 30.3 Å². The van der Waals surface area contributed by atoms with Gasteiger partial charge in [-0.1, -0.05) is 36.4 Å². The number of carboxylic acids is 1. The Bertz CT molecular complexity index is 1160. The molecule has 0 spiro atoms. The predicted octanol–water partition coefficient (Wildman–Crippen LogP) is 3.72. The summed E-state index contributed by atoms with van der Waals surface area (Å²) in [5.74, 6) is -1.59. The molecule has 0 aliphatic carbocycles. The number of hydrogen-bond acceptors (Lipinski definition) is 6. The molecule has 0 atom stereocenters. The molecule has 1 aliphatic heterocycles. The minimum Gasteiger partial charge on any atom is -0.507 e. The van der Waals surface area contributed by atoms with Gasteiger partial charge in [0.2, 0.25) is 0 Å². The number of carbonyl (C=O) groups is 2. The lowest BCUT2D eigenvalue weighted by atomic mass is 10.0. The normalized spacial score (nSPS) is 13.9. The predicted molar refractivity (Wildman–Crippen MR) is 128 cm³/mol. The summed E-state index contributed by atoms with van der Waals surface area (Å²) in [7, 11) is 0. The molecular weight excluding hydrogens is 436 g/mol. The zero-order chi connectivity index (χ0) is 23.9. The van der Waals surface area contributed by atoms with E-state index in [0.717, 1.165) is 30.8 Å². The van der Waals surface area contributed by atoms with Crippen LogP contribution in [0.2, 0.25) is 0 Å². The maximum atomic E-state index is 13.0. The number of rotatable bonds is 8. The van der Waals surface area contributed by atoms with E-state index in [0.29, 0.717) is 25.6 Å². The second-order valence-electron chi connectivity index (χ2n) is 7.87. The number of amides is 1. The number of nitrogens with zero attached hydrogens (tertiary/aromatic N) is 1. The second-order valence-corrected chi connectivity index (χ2v) is 7.87. The smallest absolute Gasteiger partial charge is 0.337 e. The van der Waals surface area contributed by atoms with Crippen LogP contribution in [-0.4, -0.2) is 66.4 Å². The third kappa shape index (κ3) is 5.72. The first kappa shape index (κ1) is 23.3. The van der Waals surface area contributed by atoms with E-state index < -0.39 is 11.9 Å². The van der Waals surface area contributed by atoms with Gasteiger partial charge in [0.25, 0.3) is 5.91 Å². The summed E-state index contributed by atoms with van der Waals surface area (Å²) in [6.07, 6.45) is 0. The number of hydrogen-bond donors (Lipinski definition) is 3. The second kappa shape index (κ2) is 10.8. The van der Waals surface area contributed by atoms with Gasteiger partial charge in [0.15, 0.2) is 0 Å². The Morgan fingerprint density at radius 3 is 2.44 bits per heavy atom. The van der Waals surface area contributed by atoms with Crippen molar-refractivity contribution in [2.45, 2.75) is 0 Å². The van der Waals surface area contributed by atoms with Crippen LogP contribution in [-0.2, 0) is 4.74 Å². The minimum atomic E-state index is -1.17. The van der Waals surface area contributed by atoms with Gasteiger partial charge >= 0.3 is 5.97 Å². The van der Waals surface area contributed by atoms with E-state index in [2.05, 4.69) is 10.2 Å². The van der Waals surface area contributed by atoms with Crippen molar-refractivity contribution in [3.05, 3.63) is 77.9 Å². The number of nitrogens with one attached hydrogen (secondary N) is 1. The van der Waals surface area contributed by atoms with Gasteiger partial charge in [-0.15, -0.1) is 0 Å². The van der Waals surface area contributed by atoms with Crippen molar-refractivity contribution in [3.8, 4) is 22.6 Å². The average Bonchev–Trinajstić information content (AvgIpc) is 2.86. The molecule has 3 aromatic carbocycles. The Morgan fingerprint density at radius 2 is 1.71 bits per heavy atom. The summed E-state index contributed by atoms with van der Waals surface area (Å²) >= 11 is 0. The highest BCUT2D eigenvalue weighted by Crippen LogP contribution is 2.28. The maximum Gasteiger partial charge on any atom is 0.337 e. The van der Waals surface area contributed by atoms with E-state index in [1.54, 1.807) is 18.2 Å². The molecule has 1 heterocycles. The lowest BCUT2D eigenvalue weighted by molar-refractivity contribution is 0.0322. The van der Waals surface area contributed by atoms with Crippen LogP contribution in [0.15, 0.2) is 66.7 Å². The molecule has 8 heteroatoms. The number of phenolic OH excluding ortho intramolecular Hbond substituents is 1. The molecule has 0 radical (unpaired) electrons. The summed E-state index contributed by atoms with van der Waals surface area (Å²) in [6.45, 7) is 4.25. The summed E-state index contributed by atoms with van der Waals surface area (Å²) in [5, 5.41) is 22.5. The number of carboxylic acid groups (broad SMARTS) is 1. The fraction of sp³-hybridized carbons (Fsp3) is 0.231. The highest BCUT2D eigenvalue weighted by Gasteiger charge is 2.18. The highest BCUT2D eigenvalue weighted by molar-refractivity contribution is 6.09. The van der Waals surface area contributed by atoms with Crippen LogP contribution in [0.3, 0.4) is 0 Å². The number of phenols is 1. The van der Waals surface area contributed by atoms with Gasteiger partial charge in [0.05, 0.1) is 30.0 Å². The van der Waals surface area contributed by atoms with E-state index in [-0.39, 0.29) is 22.6 Å². The average molecular weight is 463 g/mol. The summed E-state index contributed by atoms with van der Waals surface area (Å²) in [6, 6.07) is 18.6. The van der Waals surface area contributed by atoms with Gasteiger partial charge in [-0.25, -0.2) is 4.79 Å². The molecule has 1 aliphatic rings. The van der Waals surface area contributed by atoms with Crippen molar-refractivity contribution in [1.82, 2.24) is 4.90 Å². The molecule has 1 saturated heterocycles. The molecule has 0 unspecified atom stereocenters. The number of carbonyl (C=O) groups excluding carboxylic acids is 1. The monoisotopic (exact) mass is 462 g/mol. The third-order valence-corrected chi connectivity index (χ3v) is 5.60. The number of aromatic hydroxyl groups is 1. The van der Waals surface area contributed by atoms with Crippen LogP contribution in [0.5, 0.6) is 11.5 Å². The third-order valence-electron chi connectivity index (χ3n) is 5.60. The van der Waals surface area contributed by atoms with Gasteiger partial charge < -0.3 is 25.0 Å². The summed E-state index contributed by atoms with van der Waals surface area (Å²) in [4.78, 5) is 26.9. The molecule has 4 rings (SSSR count). The molecule has 8 nitrogen and oxygen atoms in total. The van der Waals surface area contributed by atoms with E-state index >= 15 is 0 Å². The van der Waals surface area contributed by atoms with Crippen LogP contribution in [0.25, 0.3) is 11.1 Å². The van der Waals surface area contributed by atoms with Crippen molar-refractivity contribution in [3.63, 3.8) is 0 Å². The van der Waals surface area contributed by atoms with E-state index in [1.165, 1.54) is 18.2 Å². The molecule has 1 fully saturated rings. The van der Waals surface area contributed by atoms with Crippen molar-refractivity contribution in [2.75, 3.05) is 44.8 Å².